The summed E-state index contributed by atoms with van der Waals surface area (Å²) in [4.78, 5) is 4.19. The second-order valence-electron chi connectivity index (χ2n) is 2.85. The van der Waals surface area contributed by atoms with Gasteiger partial charge >= 0.3 is 6.01 Å². The number of nitrogens with one attached hydrogen (secondary N) is 1. The summed E-state index contributed by atoms with van der Waals surface area (Å²) >= 11 is 1.60. The zero-order valence-electron chi connectivity index (χ0n) is 8.27. The largest absolute Gasteiger partial charge is 0.383 e. The average Bonchev–Trinajstić information content (AvgIpc) is 2.87. The minimum Gasteiger partial charge on any atom is -0.383 e. The number of ether oxygens (including phenoxy) is 1. The fourth-order valence-electron chi connectivity index (χ4n) is 1.06. The van der Waals surface area contributed by atoms with Gasteiger partial charge in [0.05, 0.1) is 6.61 Å². The van der Waals surface area contributed by atoms with Gasteiger partial charge in [0.25, 0.3) is 0 Å². The smallest absolute Gasteiger partial charge is 0.321 e. The van der Waals surface area contributed by atoms with E-state index in [1.807, 2.05) is 16.8 Å². The lowest BCUT2D eigenvalue weighted by Gasteiger charge is -1.97. The van der Waals surface area contributed by atoms with Crippen molar-refractivity contribution in [3.63, 3.8) is 0 Å². The number of rotatable bonds is 5. The van der Waals surface area contributed by atoms with Crippen LogP contribution in [0.5, 0.6) is 0 Å². The van der Waals surface area contributed by atoms with Gasteiger partial charge in [0, 0.05) is 24.6 Å². The summed E-state index contributed by atoms with van der Waals surface area (Å²) < 4.78 is 9.90. The summed E-state index contributed by atoms with van der Waals surface area (Å²) in [6.07, 6.45) is 0. The van der Waals surface area contributed by atoms with E-state index < -0.39 is 0 Å². The SMILES string of the molecule is COCCNc1nc(-c2ccsc2)no1. The number of thiophene rings is 1. The molecule has 0 aliphatic rings. The van der Waals surface area contributed by atoms with Gasteiger partial charge in [-0.05, 0) is 11.4 Å². The molecule has 0 atom stereocenters. The van der Waals surface area contributed by atoms with Crippen LogP contribution in [0, 0.1) is 0 Å². The van der Waals surface area contributed by atoms with Crippen LogP contribution in [0.2, 0.25) is 0 Å². The van der Waals surface area contributed by atoms with E-state index in [4.69, 9.17) is 9.26 Å². The van der Waals surface area contributed by atoms with Gasteiger partial charge in [-0.15, -0.1) is 0 Å². The monoisotopic (exact) mass is 225 g/mol. The van der Waals surface area contributed by atoms with E-state index in [-0.39, 0.29) is 0 Å². The first-order valence-corrected chi connectivity index (χ1v) is 5.43. The topological polar surface area (TPSA) is 60.2 Å². The molecular formula is C9H11N3O2S. The number of aromatic nitrogens is 2. The van der Waals surface area contributed by atoms with Crippen LogP contribution in [0.15, 0.2) is 21.3 Å². The molecule has 15 heavy (non-hydrogen) atoms. The van der Waals surface area contributed by atoms with Gasteiger partial charge in [0.15, 0.2) is 0 Å². The summed E-state index contributed by atoms with van der Waals surface area (Å²) in [7, 11) is 1.65. The molecule has 80 valence electrons. The van der Waals surface area contributed by atoms with E-state index in [2.05, 4.69) is 15.5 Å². The maximum absolute atomic E-state index is 5.01. The van der Waals surface area contributed by atoms with Crippen molar-refractivity contribution in [1.82, 2.24) is 10.1 Å². The molecule has 0 fully saturated rings. The average molecular weight is 225 g/mol. The first kappa shape index (κ1) is 10.1. The molecule has 1 N–H and O–H groups in total. The molecule has 2 rings (SSSR count). The molecule has 2 heterocycles. The Morgan fingerprint density at radius 1 is 1.60 bits per heavy atom. The molecule has 2 aromatic rings. The Morgan fingerprint density at radius 2 is 2.53 bits per heavy atom. The van der Waals surface area contributed by atoms with Crippen LogP contribution < -0.4 is 5.32 Å². The Kier molecular flexibility index (Phi) is 3.31. The molecule has 0 aliphatic heterocycles. The molecular weight excluding hydrogens is 214 g/mol. The van der Waals surface area contributed by atoms with Crippen LogP contribution in [0.1, 0.15) is 0 Å². The van der Waals surface area contributed by atoms with Gasteiger partial charge in [-0.3, -0.25) is 0 Å². The van der Waals surface area contributed by atoms with Gasteiger partial charge in [0.2, 0.25) is 5.82 Å². The van der Waals surface area contributed by atoms with E-state index in [0.29, 0.717) is 25.0 Å². The second kappa shape index (κ2) is 4.90. The molecule has 0 bridgehead atoms. The summed E-state index contributed by atoms with van der Waals surface area (Å²) in [5.74, 6) is 0.608. The van der Waals surface area contributed by atoms with Crippen molar-refractivity contribution in [3.8, 4) is 11.4 Å². The van der Waals surface area contributed by atoms with Gasteiger partial charge in [-0.1, -0.05) is 5.16 Å². The van der Waals surface area contributed by atoms with Crippen molar-refractivity contribution in [2.24, 2.45) is 0 Å². The Hall–Kier alpha value is -1.40. The van der Waals surface area contributed by atoms with Crippen molar-refractivity contribution < 1.29 is 9.26 Å². The summed E-state index contributed by atoms with van der Waals surface area (Å²) in [6, 6.07) is 2.38. The molecule has 0 spiro atoms. The number of methoxy groups -OCH3 is 1. The minimum absolute atomic E-state index is 0.424. The van der Waals surface area contributed by atoms with E-state index >= 15 is 0 Å². The van der Waals surface area contributed by atoms with E-state index in [0.717, 1.165) is 5.56 Å². The predicted molar refractivity (Wildman–Crippen MR) is 58.0 cm³/mol. The highest BCUT2D eigenvalue weighted by atomic mass is 32.1. The maximum Gasteiger partial charge on any atom is 0.321 e. The van der Waals surface area contributed by atoms with Gasteiger partial charge in [-0.25, -0.2) is 0 Å². The molecule has 0 amide bonds. The molecule has 5 nitrogen and oxygen atoms in total. The molecule has 6 heteroatoms. The lowest BCUT2D eigenvalue weighted by Crippen LogP contribution is -2.07. The van der Waals surface area contributed by atoms with E-state index in [1.54, 1.807) is 18.4 Å². The Labute approximate surface area is 91.1 Å². The maximum atomic E-state index is 5.01. The summed E-state index contributed by atoms with van der Waals surface area (Å²) in [5.41, 5.74) is 0.976. The molecule has 0 saturated heterocycles. The van der Waals surface area contributed by atoms with E-state index in [1.165, 1.54) is 0 Å². The quantitative estimate of drug-likeness (QED) is 0.787. The van der Waals surface area contributed by atoms with Crippen molar-refractivity contribution in [2.45, 2.75) is 0 Å². The van der Waals surface area contributed by atoms with Gasteiger partial charge < -0.3 is 14.6 Å². The highest BCUT2D eigenvalue weighted by Gasteiger charge is 2.07. The van der Waals surface area contributed by atoms with Crippen LogP contribution in [0.3, 0.4) is 0 Å². The first-order chi connectivity index (χ1) is 7.40. The van der Waals surface area contributed by atoms with Crippen molar-refractivity contribution in [3.05, 3.63) is 16.8 Å². The standard InChI is InChI=1S/C9H11N3O2S/c1-13-4-3-10-9-11-8(12-14-9)7-2-5-15-6-7/h2,5-6H,3-4H2,1H3,(H,10,11,12). The fraction of sp³-hybridized carbons (Fsp3) is 0.333. The molecule has 0 aliphatic carbocycles. The van der Waals surface area contributed by atoms with Gasteiger partial charge in [0.1, 0.15) is 0 Å². The number of nitrogens with zero attached hydrogens (tertiary/aromatic N) is 2. The predicted octanol–water partition coefficient (Wildman–Crippen LogP) is 1.86. The van der Waals surface area contributed by atoms with Crippen LogP contribution >= 0.6 is 11.3 Å². The zero-order chi connectivity index (χ0) is 10.5. The molecule has 0 saturated carbocycles. The lowest BCUT2D eigenvalue weighted by atomic mass is 10.3. The normalized spacial score (nSPS) is 10.5. The molecule has 0 unspecified atom stereocenters. The van der Waals surface area contributed by atoms with Crippen molar-refractivity contribution in [1.29, 1.82) is 0 Å². The summed E-state index contributed by atoms with van der Waals surface area (Å²) in [5, 5.41) is 10.8. The third-order valence-electron chi connectivity index (χ3n) is 1.79. The van der Waals surface area contributed by atoms with Crippen molar-refractivity contribution in [2.75, 3.05) is 25.6 Å². The first-order valence-electron chi connectivity index (χ1n) is 4.49. The number of hydrogen-bond donors (Lipinski definition) is 1. The van der Waals surface area contributed by atoms with Crippen molar-refractivity contribution >= 4 is 17.4 Å². The summed E-state index contributed by atoms with van der Waals surface area (Å²) in [6.45, 7) is 1.26. The Balaban J connectivity index is 1.98. The highest BCUT2D eigenvalue weighted by molar-refractivity contribution is 7.08. The molecule has 0 aromatic carbocycles. The number of hydrogen-bond acceptors (Lipinski definition) is 6. The number of anilines is 1. The van der Waals surface area contributed by atoms with Crippen LogP contribution in [-0.2, 0) is 4.74 Å². The Bertz CT molecular complexity index is 399. The molecule has 0 radical (unpaired) electrons. The molecule has 2 aromatic heterocycles. The third-order valence-corrected chi connectivity index (χ3v) is 2.47. The van der Waals surface area contributed by atoms with Crippen LogP contribution in [0.25, 0.3) is 11.4 Å². The van der Waals surface area contributed by atoms with E-state index in [9.17, 15) is 0 Å². The van der Waals surface area contributed by atoms with Crippen LogP contribution in [0.4, 0.5) is 6.01 Å². The van der Waals surface area contributed by atoms with Crippen LogP contribution in [-0.4, -0.2) is 30.4 Å². The zero-order valence-corrected chi connectivity index (χ0v) is 9.08. The van der Waals surface area contributed by atoms with Gasteiger partial charge in [-0.2, -0.15) is 16.3 Å². The minimum atomic E-state index is 0.424. The third kappa shape index (κ3) is 2.54. The fourth-order valence-corrected chi connectivity index (χ4v) is 1.70. The lowest BCUT2D eigenvalue weighted by molar-refractivity contribution is 0.210. The second-order valence-corrected chi connectivity index (χ2v) is 3.63. The Morgan fingerprint density at radius 3 is 3.27 bits per heavy atom. The highest BCUT2D eigenvalue weighted by Crippen LogP contribution is 2.19.